The van der Waals surface area contributed by atoms with Crippen molar-refractivity contribution in [2.45, 2.75) is 26.7 Å². The predicted octanol–water partition coefficient (Wildman–Crippen LogP) is 4.12. The Morgan fingerprint density at radius 2 is 2.14 bits per heavy atom. The van der Waals surface area contributed by atoms with Gasteiger partial charge in [0.1, 0.15) is 12.3 Å². The smallest absolute Gasteiger partial charge is 0.237 e. The predicted molar refractivity (Wildman–Crippen MR) is 111 cm³/mol. The Kier molecular flexibility index (Phi) is 3.90. The number of hydrogen-bond donors (Lipinski definition) is 1. The number of fused-ring (bicyclic) bond motifs is 2. The first-order valence-corrected chi connectivity index (χ1v) is 9.58. The molecule has 0 amide bonds. The van der Waals surface area contributed by atoms with Crippen LogP contribution < -0.4 is 10.1 Å². The first-order valence-electron chi connectivity index (χ1n) is 9.58. The van der Waals surface area contributed by atoms with Gasteiger partial charge in [0.2, 0.25) is 5.88 Å². The molecule has 1 aromatic carbocycles. The van der Waals surface area contributed by atoms with E-state index >= 15 is 0 Å². The van der Waals surface area contributed by atoms with Crippen molar-refractivity contribution in [3.8, 4) is 17.0 Å². The molecule has 0 radical (unpaired) electrons. The lowest BCUT2D eigenvalue weighted by atomic mass is 9.93. The molecule has 1 aliphatic carbocycles. The summed E-state index contributed by atoms with van der Waals surface area (Å²) in [6, 6.07) is 6.29. The zero-order valence-electron chi connectivity index (χ0n) is 16.0. The molecule has 0 bridgehead atoms. The summed E-state index contributed by atoms with van der Waals surface area (Å²) in [5.74, 6) is 0.848. The number of rotatable bonds is 2. The van der Waals surface area contributed by atoms with Crippen LogP contribution in [0.1, 0.15) is 30.0 Å². The maximum Gasteiger partial charge on any atom is 0.237 e. The Balaban J connectivity index is 1.63. The van der Waals surface area contributed by atoms with Crippen LogP contribution in [0.4, 0.5) is 5.69 Å². The second-order valence-electron chi connectivity index (χ2n) is 7.41. The lowest BCUT2D eigenvalue weighted by Crippen LogP contribution is -2.20. The van der Waals surface area contributed by atoms with Crippen molar-refractivity contribution in [2.24, 2.45) is 4.99 Å². The fraction of sp³-hybridized carbons (Fsp3) is 0.261. The molecule has 0 saturated carbocycles. The van der Waals surface area contributed by atoms with Crippen molar-refractivity contribution in [1.82, 2.24) is 4.98 Å². The molecule has 0 saturated heterocycles. The standard InChI is InChI=1S/C23H21N3O2/c1-13(17-5-6-24-11-17)21-18-9-15(3-4-16(18)10-20(21)27)19-12-26-23-22(14(19)2)25-7-8-28-23/h3-4,6,9,11-12,25H,5,7-8,10H2,1-2H3/b21-13-. The second-order valence-corrected chi connectivity index (χ2v) is 7.41. The molecule has 3 aliphatic rings. The van der Waals surface area contributed by atoms with E-state index < -0.39 is 0 Å². The highest BCUT2D eigenvalue weighted by Gasteiger charge is 2.28. The number of carbonyl (C=O) groups is 1. The van der Waals surface area contributed by atoms with Gasteiger partial charge in [0.05, 0.1) is 0 Å². The van der Waals surface area contributed by atoms with Crippen LogP contribution in [0.3, 0.4) is 0 Å². The first-order chi connectivity index (χ1) is 13.6. The van der Waals surface area contributed by atoms with Crippen LogP contribution in [0.25, 0.3) is 16.7 Å². The molecule has 0 unspecified atom stereocenters. The number of aromatic nitrogens is 1. The molecule has 140 valence electrons. The maximum atomic E-state index is 12.8. The molecular formula is C23H21N3O2. The van der Waals surface area contributed by atoms with Gasteiger partial charge in [-0.1, -0.05) is 12.1 Å². The van der Waals surface area contributed by atoms with Crippen molar-refractivity contribution in [3.05, 3.63) is 58.4 Å². The van der Waals surface area contributed by atoms with Crippen LogP contribution in [0.15, 0.2) is 46.7 Å². The van der Waals surface area contributed by atoms with Crippen LogP contribution >= 0.6 is 0 Å². The highest BCUT2D eigenvalue weighted by atomic mass is 16.5. The summed E-state index contributed by atoms with van der Waals surface area (Å²) < 4.78 is 5.64. The molecule has 1 N–H and O–H groups in total. The van der Waals surface area contributed by atoms with Crippen molar-refractivity contribution >= 4 is 23.3 Å². The van der Waals surface area contributed by atoms with Gasteiger partial charge in [-0.05, 0) is 53.3 Å². The van der Waals surface area contributed by atoms with Gasteiger partial charge < -0.3 is 10.1 Å². The van der Waals surface area contributed by atoms with Crippen LogP contribution in [-0.2, 0) is 11.2 Å². The van der Waals surface area contributed by atoms with E-state index in [4.69, 9.17) is 4.74 Å². The van der Waals surface area contributed by atoms with Gasteiger partial charge in [0, 0.05) is 49.1 Å². The van der Waals surface area contributed by atoms with Crippen molar-refractivity contribution < 1.29 is 9.53 Å². The van der Waals surface area contributed by atoms with Crippen molar-refractivity contribution in [1.29, 1.82) is 0 Å². The third-order valence-electron chi connectivity index (χ3n) is 5.77. The van der Waals surface area contributed by atoms with Crippen LogP contribution in [0, 0.1) is 6.92 Å². The summed E-state index contributed by atoms with van der Waals surface area (Å²) in [4.78, 5) is 21.5. The number of nitrogens with one attached hydrogen (secondary N) is 1. The Morgan fingerprint density at radius 3 is 2.96 bits per heavy atom. The quantitative estimate of drug-likeness (QED) is 0.807. The molecule has 2 aliphatic heterocycles. The number of hydrogen-bond acceptors (Lipinski definition) is 5. The van der Waals surface area contributed by atoms with E-state index in [0.29, 0.717) is 18.9 Å². The van der Waals surface area contributed by atoms with E-state index in [9.17, 15) is 4.79 Å². The lowest BCUT2D eigenvalue weighted by Gasteiger charge is -2.21. The van der Waals surface area contributed by atoms with E-state index in [-0.39, 0.29) is 5.78 Å². The molecule has 2 aromatic rings. The summed E-state index contributed by atoms with van der Waals surface area (Å²) in [7, 11) is 0. The van der Waals surface area contributed by atoms with Crippen LogP contribution in [-0.4, -0.2) is 30.1 Å². The van der Waals surface area contributed by atoms with Crippen molar-refractivity contribution in [2.75, 3.05) is 18.5 Å². The number of benzene rings is 1. The zero-order valence-corrected chi connectivity index (χ0v) is 16.0. The number of aliphatic imine (C=N–C) groups is 1. The topological polar surface area (TPSA) is 63.6 Å². The number of Topliss-reactive ketones (excluding diaryl/α,β-unsaturated/α-hetero) is 1. The molecule has 0 atom stereocenters. The molecule has 5 heteroatoms. The molecule has 5 rings (SSSR count). The third kappa shape index (κ3) is 2.58. The first kappa shape index (κ1) is 16.9. The van der Waals surface area contributed by atoms with Gasteiger partial charge >= 0.3 is 0 Å². The van der Waals surface area contributed by atoms with Crippen LogP contribution in [0.5, 0.6) is 5.88 Å². The van der Waals surface area contributed by atoms with E-state index in [2.05, 4.69) is 40.4 Å². The molecule has 0 spiro atoms. The number of ether oxygens (including phenoxy) is 1. The minimum Gasteiger partial charge on any atom is -0.474 e. The minimum absolute atomic E-state index is 0.188. The average Bonchev–Trinajstić information content (AvgIpc) is 3.35. The summed E-state index contributed by atoms with van der Waals surface area (Å²) in [6.45, 7) is 5.52. The van der Waals surface area contributed by atoms with E-state index in [0.717, 1.165) is 63.2 Å². The average molecular weight is 371 g/mol. The Bertz CT molecular complexity index is 1110. The number of anilines is 1. The third-order valence-corrected chi connectivity index (χ3v) is 5.77. The summed E-state index contributed by atoms with van der Waals surface area (Å²) >= 11 is 0. The van der Waals surface area contributed by atoms with Gasteiger partial charge in [-0.2, -0.15) is 0 Å². The normalized spacial score (nSPS) is 18.9. The summed E-state index contributed by atoms with van der Waals surface area (Å²) in [6.07, 6.45) is 6.86. The molecule has 1 aromatic heterocycles. The Morgan fingerprint density at radius 1 is 1.25 bits per heavy atom. The summed E-state index contributed by atoms with van der Waals surface area (Å²) in [5, 5.41) is 3.39. The summed E-state index contributed by atoms with van der Waals surface area (Å²) in [5.41, 5.74) is 9.31. The zero-order chi connectivity index (χ0) is 19.3. The van der Waals surface area contributed by atoms with E-state index in [1.807, 2.05) is 25.5 Å². The number of nitrogens with zero attached hydrogens (tertiary/aromatic N) is 2. The van der Waals surface area contributed by atoms with E-state index in [1.165, 1.54) is 0 Å². The van der Waals surface area contributed by atoms with Crippen LogP contribution in [0.2, 0.25) is 0 Å². The fourth-order valence-corrected chi connectivity index (χ4v) is 4.22. The van der Waals surface area contributed by atoms with Gasteiger partial charge in [0.15, 0.2) is 5.78 Å². The second kappa shape index (κ2) is 6.44. The Hall–Kier alpha value is -3.21. The Labute approximate surface area is 163 Å². The maximum absolute atomic E-state index is 12.8. The molecule has 0 fully saturated rings. The number of carbonyl (C=O) groups excluding carboxylic acids is 1. The molecule has 28 heavy (non-hydrogen) atoms. The largest absolute Gasteiger partial charge is 0.474 e. The number of allylic oxidation sites excluding steroid dienone is 3. The number of ketones is 1. The highest BCUT2D eigenvalue weighted by molar-refractivity contribution is 6.27. The van der Waals surface area contributed by atoms with Gasteiger partial charge in [-0.15, -0.1) is 0 Å². The molecule has 5 nitrogen and oxygen atoms in total. The van der Waals surface area contributed by atoms with Gasteiger partial charge in [-0.3, -0.25) is 9.79 Å². The SMILES string of the molecule is C/C(C1=CN=CC1)=C1/C(=O)Cc2ccc(-c3cnc4c(c3C)NCCO4)cc21. The molecule has 3 heterocycles. The van der Waals surface area contributed by atoms with Gasteiger partial charge in [-0.25, -0.2) is 4.98 Å². The van der Waals surface area contributed by atoms with E-state index in [1.54, 1.807) is 0 Å². The number of pyridine rings is 1. The molecular weight excluding hydrogens is 350 g/mol. The lowest BCUT2D eigenvalue weighted by molar-refractivity contribution is -0.112. The van der Waals surface area contributed by atoms with Crippen molar-refractivity contribution in [3.63, 3.8) is 0 Å². The van der Waals surface area contributed by atoms with Gasteiger partial charge in [0.25, 0.3) is 0 Å². The monoisotopic (exact) mass is 371 g/mol. The fourth-order valence-electron chi connectivity index (χ4n) is 4.22. The minimum atomic E-state index is 0.188. The highest BCUT2D eigenvalue weighted by Crippen LogP contribution is 2.40.